The van der Waals surface area contributed by atoms with Gasteiger partial charge in [-0.15, -0.1) is 24.8 Å². The summed E-state index contributed by atoms with van der Waals surface area (Å²) in [6, 6.07) is 8.22. The molecule has 0 bridgehead atoms. The number of amides is 1. The summed E-state index contributed by atoms with van der Waals surface area (Å²) in [5, 5.41) is 6.23. The van der Waals surface area contributed by atoms with E-state index in [1.807, 2.05) is 26.2 Å². The Morgan fingerprint density at radius 1 is 1.30 bits per heavy atom. The van der Waals surface area contributed by atoms with E-state index < -0.39 is 0 Å². The highest BCUT2D eigenvalue weighted by atomic mass is 35.5. The third-order valence-corrected chi connectivity index (χ3v) is 3.50. The van der Waals surface area contributed by atoms with Crippen LogP contribution in [-0.2, 0) is 22.6 Å². The molecular formula is C16H27Cl2N3O2. The molecule has 1 saturated heterocycles. The number of morpholine rings is 1. The lowest BCUT2D eigenvalue weighted by molar-refractivity contribution is -0.124. The van der Waals surface area contributed by atoms with E-state index in [9.17, 15) is 4.79 Å². The molecule has 1 aromatic rings. The second-order valence-electron chi connectivity index (χ2n) is 5.68. The summed E-state index contributed by atoms with van der Waals surface area (Å²) in [5.41, 5.74) is 2.42. The molecule has 2 N–H and O–H groups in total. The van der Waals surface area contributed by atoms with Gasteiger partial charge in [0, 0.05) is 26.2 Å². The predicted octanol–water partition coefficient (Wildman–Crippen LogP) is 1.59. The average Bonchev–Trinajstić information content (AvgIpc) is 2.47. The van der Waals surface area contributed by atoms with E-state index in [4.69, 9.17) is 4.74 Å². The van der Waals surface area contributed by atoms with Gasteiger partial charge in [0.2, 0.25) is 5.91 Å². The molecule has 1 aromatic carbocycles. The van der Waals surface area contributed by atoms with Crippen LogP contribution in [-0.4, -0.2) is 50.7 Å². The predicted molar refractivity (Wildman–Crippen MR) is 97.4 cm³/mol. The summed E-state index contributed by atoms with van der Waals surface area (Å²) in [6.45, 7) is 3.76. The molecule has 0 spiro atoms. The first kappa shape index (κ1) is 22.1. The van der Waals surface area contributed by atoms with Crippen molar-refractivity contribution in [2.45, 2.75) is 25.6 Å². The van der Waals surface area contributed by atoms with E-state index in [1.165, 1.54) is 11.1 Å². The fraction of sp³-hybridized carbons (Fsp3) is 0.562. The molecule has 1 unspecified atom stereocenters. The van der Waals surface area contributed by atoms with Gasteiger partial charge in [-0.3, -0.25) is 4.79 Å². The van der Waals surface area contributed by atoms with Crippen molar-refractivity contribution in [3.63, 3.8) is 0 Å². The normalized spacial score (nSPS) is 17.1. The molecule has 1 amide bonds. The van der Waals surface area contributed by atoms with E-state index in [0.29, 0.717) is 19.6 Å². The van der Waals surface area contributed by atoms with Crippen LogP contribution in [0.3, 0.4) is 0 Å². The minimum Gasteiger partial charge on any atom is -0.375 e. The molecule has 7 heteroatoms. The highest BCUT2D eigenvalue weighted by Crippen LogP contribution is 2.10. The van der Waals surface area contributed by atoms with Crippen molar-refractivity contribution in [2.75, 3.05) is 33.8 Å². The molecule has 1 atom stereocenters. The molecule has 132 valence electrons. The zero-order valence-corrected chi connectivity index (χ0v) is 15.3. The summed E-state index contributed by atoms with van der Waals surface area (Å²) >= 11 is 0. The monoisotopic (exact) mass is 363 g/mol. The van der Waals surface area contributed by atoms with Gasteiger partial charge in [-0.25, -0.2) is 0 Å². The third kappa shape index (κ3) is 7.99. The SMILES string of the molecule is CN(C)Cc1ccccc1CNC(=O)CC1CNCCO1.Cl.Cl. The first-order valence-electron chi connectivity index (χ1n) is 7.45. The first-order valence-corrected chi connectivity index (χ1v) is 7.45. The van der Waals surface area contributed by atoms with Crippen LogP contribution in [0.4, 0.5) is 0 Å². The number of benzene rings is 1. The number of carbonyl (C=O) groups is 1. The van der Waals surface area contributed by atoms with Crippen molar-refractivity contribution >= 4 is 30.7 Å². The summed E-state index contributed by atoms with van der Waals surface area (Å²) < 4.78 is 5.55. The van der Waals surface area contributed by atoms with Crippen LogP contribution in [0.15, 0.2) is 24.3 Å². The molecule has 1 aliphatic heterocycles. The Morgan fingerprint density at radius 2 is 2.00 bits per heavy atom. The van der Waals surface area contributed by atoms with Crippen LogP contribution in [0.5, 0.6) is 0 Å². The van der Waals surface area contributed by atoms with Gasteiger partial charge in [0.05, 0.1) is 19.1 Å². The van der Waals surface area contributed by atoms with Gasteiger partial charge in [0.15, 0.2) is 0 Å². The fourth-order valence-corrected chi connectivity index (χ4v) is 2.45. The topological polar surface area (TPSA) is 53.6 Å². The summed E-state index contributed by atoms with van der Waals surface area (Å²) in [5.74, 6) is 0.0448. The van der Waals surface area contributed by atoms with Gasteiger partial charge < -0.3 is 20.3 Å². The van der Waals surface area contributed by atoms with Gasteiger partial charge in [-0.1, -0.05) is 24.3 Å². The molecule has 0 aromatic heterocycles. The van der Waals surface area contributed by atoms with Gasteiger partial charge in [-0.05, 0) is 25.2 Å². The Labute approximate surface area is 151 Å². The number of hydrogen-bond donors (Lipinski definition) is 2. The lowest BCUT2D eigenvalue weighted by atomic mass is 10.1. The largest absolute Gasteiger partial charge is 0.375 e. The van der Waals surface area contributed by atoms with Crippen LogP contribution in [0.25, 0.3) is 0 Å². The van der Waals surface area contributed by atoms with Gasteiger partial charge in [0.1, 0.15) is 0 Å². The van der Waals surface area contributed by atoms with Gasteiger partial charge in [0.25, 0.3) is 0 Å². The van der Waals surface area contributed by atoms with Crippen molar-refractivity contribution in [1.82, 2.24) is 15.5 Å². The fourth-order valence-electron chi connectivity index (χ4n) is 2.45. The highest BCUT2D eigenvalue weighted by molar-refractivity contribution is 5.85. The number of hydrogen-bond acceptors (Lipinski definition) is 4. The molecule has 5 nitrogen and oxygen atoms in total. The molecule has 0 saturated carbocycles. The number of ether oxygens (including phenoxy) is 1. The molecule has 2 rings (SSSR count). The van der Waals surface area contributed by atoms with Crippen LogP contribution in [0, 0.1) is 0 Å². The first-order chi connectivity index (χ1) is 10.1. The van der Waals surface area contributed by atoms with Gasteiger partial charge >= 0.3 is 0 Å². The molecule has 23 heavy (non-hydrogen) atoms. The average molecular weight is 364 g/mol. The van der Waals surface area contributed by atoms with E-state index >= 15 is 0 Å². The Kier molecular flexibility index (Phi) is 11.2. The Bertz CT molecular complexity index is 466. The maximum absolute atomic E-state index is 12.0. The number of rotatable bonds is 6. The maximum Gasteiger partial charge on any atom is 0.222 e. The van der Waals surface area contributed by atoms with Crippen LogP contribution >= 0.6 is 24.8 Å². The molecule has 1 heterocycles. The molecule has 1 fully saturated rings. The van der Waals surface area contributed by atoms with E-state index in [1.54, 1.807) is 0 Å². The Hall–Kier alpha value is -0.850. The van der Waals surface area contributed by atoms with Crippen molar-refractivity contribution in [2.24, 2.45) is 0 Å². The third-order valence-electron chi connectivity index (χ3n) is 3.50. The summed E-state index contributed by atoms with van der Waals surface area (Å²) in [4.78, 5) is 14.1. The minimum atomic E-state index is -0.00392. The van der Waals surface area contributed by atoms with E-state index in [2.05, 4.69) is 27.7 Å². The number of carbonyl (C=O) groups excluding carboxylic acids is 1. The van der Waals surface area contributed by atoms with Crippen molar-refractivity contribution < 1.29 is 9.53 Å². The molecule has 0 aliphatic carbocycles. The Morgan fingerprint density at radius 3 is 2.61 bits per heavy atom. The Balaban J connectivity index is 0.00000242. The van der Waals surface area contributed by atoms with Crippen LogP contribution in [0.2, 0.25) is 0 Å². The van der Waals surface area contributed by atoms with E-state index in [0.717, 1.165) is 19.6 Å². The quantitative estimate of drug-likeness (QED) is 0.805. The van der Waals surface area contributed by atoms with E-state index in [-0.39, 0.29) is 36.8 Å². The van der Waals surface area contributed by atoms with Crippen LogP contribution < -0.4 is 10.6 Å². The number of halogens is 2. The lowest BCUT2D eigenvalue weighted by Gasteiger charge is -2.23. The van der Waals surface area contributed by atoms with Crippen molar-refractivity contribution in [1.29, 1.82) is 0 Å². The zero-order valence-electron chi connectivity index (χ0n) is 13.7. The maximum atomic E-state index is 12.0. The van der Waals surface area contributed by atoms with Gasteiger partial charge in [-0.2, -0.15) is 0 Å². The summed E-state index contributed by atoms with van der Waals surface area (Å²) in [6.07, 6.45) is 0.416. The second kappa shape index (κ2) is 11.6. The number of nitrogens with zero attached hydrogens (tertiary/aromatic N) is 1. The van der Waals surface area contributed by atoms with Crippen LogP contribution in [0.1, 0.15) is 17.5 Å². The molecule has 1 aliphatic rings. The number of nitrogens with one attached hydrogen (secondary N) is 2. The highest BCUT2D eigenvalue weighted by Gasteiger charge is 2.17. The summed E-state index contributed by atoms with van der Waals surface area (Å²) in [7, 11) is 4.09. The lowest BCUT2D eigenvalue weighted by Crippen LogP contribution is -2.41. The standard InChI is InChI=1S/C16H25N3O2.2ClH/c1-19(2)12-14-6-4-3-5-13(14)10-18-16(20)9-15-11-17-7-8-21-15;;/h3-6,15,17H,7-12H2,1-2H3,(H,18,20);2*1H. The minimum absolute atomic E-state index is 0. The van der Waals surface area contributed by atoms with Crippen molar-refractivity contribution in [3.8, 4) is 0 Å². The smallest absolute Gasteiger partial charge is 0.222 e. The zero-order chi connectivity index (χ0) is 15.1. The molecule has 0 radical (unpaired) electrons. The van der Waals surface area contributed by atoms with Crippen molar-refractivity contribution in [3.05, 3.63) is 35.4 Å². The second-order valence-corrected chi connectivity index (χ2v) is 5.68. The molecular weight excluding hydrogens is 337 g/mol.